The highest BCUT2D eigenvalue weighted by Gasteiger charge is 2.08. The second-order valence-electron chi connectivity index (χ2n) is 3.59. The Balaban J connectivity index is 2.56. The summed E-state index contributed by atoms with van der Waals surface area (Å²) < 4.78 is 0.956. The number of amides is 1. The summed E-state index contributed by atoms with van der Waals surface area (Å²) >= 11 is 3.41. The van der Waals surface area contributed by atoms with Gasteiger partial charge in [0.1, 0.15) is 0 Å². The Hall–Kier alpha value is -1.75. The van der Waals surface area contributed by atoms with E-state index >= 15 is 0 Å². The highest BCUT2D eigenvalue weighted by Crippen LogP contribution is 2.24. The van der Waals surface area contributed by atoms with Crippen LogP contribution in [-0.2, 0) is 0 Å². The molecule has 2 rings (SSSR count). The van der Waals surface area contributed by atoms with Crippen LogP contribution in [0.15, 0.2) is 34.9 Å². The Bertz CT molecular complexity index is 584. The van der Waals surface area contributed by atoms with Crippen molar-refractivity contribution in [2.75, 3.05) is 0 Å². The minimum atomic E-state index is -0.625. The number of primary amides is 1. The van der Waals surface area contributed by atoms with Crippen LogP contribution in [0, 0.1) is 6.92 Å². The standard InChI is InChI=1S/C12H10BrN3O/c1-7-2-3-8(13)6-9(7)10-4-5-15-12(16-10)11(14)17/h2-6H,1H3,(H2,14,17). The summed E-state index contributed by atoms with van der Waals surface area (Å²) in [4.78, 5) is 19.0. The first-order valence-electron chi connectivity index (χ1n) is 4.97. The van der Waals surface area contributed by atoms with E-state index in [0.717, 1.165) is 15.6 Å². The molecular weight excluding hydrogens is 282 g/mol. The minimum absolute atomic E-state index is 0.0295. The lowest BCUT2D eigenvalue weighted by atomic mass is 10.1. The van der Waals surface area contributed by atoms with Crippen LogP contribution in [0.3, 0.4) is 0 Å². The highest BCUT2D eigenvalue weighted by atomic mass is 79.9. The molecule has 0 saturated carbocycles. The lowest BCUT2D eigenvalue weighted by Crippen LogP contribution is -2.15. The maximum Gasteiger partial charge on any atom is 0.286 e. The summed E-state index contributed by atoms with van der Waals surface area (Å²) in [6.45, 7) is 1.98. The van der Waals surface area contributed by atoms with Gasteiger partial charge in [-0.15, -0.1) is 0 Å². The third-order valence-corrected chi connectivity index (χ3v) is 2.84. The van der Waals surface area contributed by atoms with Crippen molar-refractivity contribution in [3.8, 4) is 11.3 Å². The van der Waals surface area contributed by atoms with Crippen LogP contribution in [0.2, 0.25) is 0 Å². The molecule has 0 spiro atoms. The van der Waals surface area contributed by atoms with Crippen molar-refractivity contribution in [2.24, 2.45) is 5.73 Å². The first-order valence-corrected chi connectivity index (χ1v) is 5.76. The number of benzene rings is 1. The zero-order valence-electron chi connectivity index (χ0n) is 9.14. The number of hydrogen-bond donors (Lipinski definition) is 1. The molecule has 1 heterocycles. The van der Waals surface area contributed by atoms with Gasteiger partial charge in [-0.2, -0.15) is 0 Å². The van der Waals surface area contributed by atoms with Crippen molar-refractivity contribution in [1.82, 2.24) is 9.97 Å². The quantitative estimate of drug-likeness (QED) is 0.923. The van der Waals surface area contributed by atoms with Gasteiger partial charge in [0.15, 0.2) is 0 Å². The third kappa shape index (κ3) is 2.50. The molecule has 0 radical (unpaired) electrons. The van der Waals surface area contributed by atoms with Crippen LogP contribution in [0.5, 0.6) is 0 Å². The van der Waals surface area contributed by atoms with Crippen LogP contribution in [0.4, 0.5) is 0 Å². The second kappa shape index (κ2) is 4.63. The molecule has 2 N–H and O–H groups in total. The molecule has 2 aromatic rings. The Morgan fingerprint density at radius 2 is 2.12 bits per heavy atom. The molecule has 0 aliphatic heterocycles. The van der Waals surface area contributed by atoms with E-state index in [9.17, 15) is 4.79 Å². The fourth-order valence-electron chi connectivity index (χ4n) is 1.50. The zero-order chi connectivity index (χ0) is 12.4. The monoisotopic (exact) mass is 291 g/mol. The molecular formula is C12H10BrN3O. The smallest absolute Gasteiger partial charge is 0.286 e. The molecule has 0 saturated heterocycles. The van der Waals surface area contributed by atoms with Crippen LogP contribution in [0.1, 0.15) is 16.2 Å². The summed E-state index contributed by atoms with van der Waals surface area (Å²) in [6.07, 6.45) is 1.53. The predicted molar refractivity (Wildman–Crippen MR) is 68.4 cm³/mol. The number of halogens is 1. The van der Waals surface area contributed by atoms with Crippen LogP contribution >= 0.6 is 15.9 Å². The van der Waals surface area contributed by atoms with E-state index in [0.29, 0.717) is 5.69 Å². The van der Waals surface area contributed by atoms with Gasteiger partial charge in [0, 0.05) is 16.2 Å². The third-order valence-electron chi connectivity index (χ3n) is 2.35. The van der Waals surface area contributed by atoms with E-state index in [1.807, 2.05) is 25.1 Å². The van der Waals surface area contributed by atoms with Crippen LogP contribution < -0.4 is 5.73 Å². The number of rotatable bonds is 2. The summed E-state index contributed by atoms with van der Waals surface area (Å²) in [5.74, 6) is -0.596. The highest BCUT2D eigenvalue weighted by molar-refractivity contribution is 9.10. The van der Waals surface area contributed by atoms with E-state index < -0.39 is 5.91 Å². The van der Waals surface area contributed by atoms with Crippen molar-refractivity contribution < 1.29 is 4.79 Å². The largest absolute Gasteiger partial charge is 0.363 e. The number of hydrogen-bond acceptors (Lipinski definition) is 3. The van der Waals surface area contributed by atoms with Crippen LogP contribution in [-0.4, -0.2) is 15.9 Å². The summed E-state index contributed by atoms with van der Waals surface area (Å²) in [5.41, 5.74) is 7.86. The molecule has 5 heteroatoms. The summed E-state index contributed by atoms with van der Waals surface area (Å²) in [6, 6.07) is 7.63. The molecule has 1 amide bonds. The molecule has 0 bridgehead atoms. The lowest BCUT2D eigenvalue weighted by molar-refractivity contribution is 0.0990. The molecule has 17 heavy (non-hydrogen) atoms. The summed E-state index contributed by atoms with van der Waals surface area (Å²) in [5, 5.41) is 0. The Labute approximate surface area is 107 Å². The zero-order valence-corrected chi connectivity index (χ0v) is 10.7. The molecule has 0 fully saturated rings. The van der Waals surface area contributed by atoms with Gasteiger partial charge < -0.3 is 5.73 Å². The number of nitrogens with two attached hydrogens (primary N) is 1. The fraction of sp³-hybridized carbons (Fsp3) is 0.0833. The molecule has 0 aliphatic rings. The fourth-order valence-corrected chi connectivity index (χ4v) is 1.86. The topological polar surface area (TPSA) is 68.9 Å². The van der Waals surface area contributed by atoms with Gasteiger partial charge in [0.25, 0.3) is 5.91 Å². The van der Waals surface area contributed by atoms with E-state index in [1.54, 1.807) is 6.07 Å². The van der Waals surface area contributed by atoms with Crippen molar-refractivity contribution in [3.63, 3.8) is 0 Å². The Morgan fingerprint density at radius 3 is 2.82 bits per heavy atom. The van der Waals surface area contributed by atoms with Gasteiger partial charge in [0.05, 0.1) is 5.69 Å². The SMILES string of the molecule is Cc1ccc(Br)cc1-c1ccnc(C(N)=O)n1. The van der Waals surface area contributed by atoms with E-state index in [4.69, 9.17) is 5.73 Å². The van der Waals surface area contributed by atoms with Gasteiger partial charge >= 0.3 is 0 Å². The average molecular weight is 292 g/mol. The van der Waals surface area contributed by atoms with Gasteiger partial charge in [-0.3, -0.25) is 4.79 Å². The first kappa shape index (κ1) is 11.7. The normalized spacial score (nSPS) is 10.2. The molecule has 0 unspecified atom stereocenters. The number of aromatic nitrogens is 2. The van der Waals surface area contributed by atoms with E-state index in [2.05, 4.69) is 25.9 Å². The Kier molecular flexibility index (Phi) is 3.19. The maximum absolute atomic E-state index is 11.0. The van der Waals surface area contributed by atoms with Gasteiger partial charge in [0.2, 0.25) is 5.82 Å². The lowest BCUT2D eigenvalue weighted by Gasteiger charge is -2.06. The molecule has 4 nitrogen and oxygen atoms in total. The first-order chi connectivity index (χ1) is 8.08. The number of nitrogens with zero attached hydrogens (tertiary/aromatic N) is 2. The summed E-state index contributed by atoms with van der Waals surface area (Å²) in [7, 11) is 0. The van der Waals surface area contributed by atoms with Crippen molar-refractivity contribution in [2.45, 2.75) is 6.92 Å². The average Bonchev–Trinajstić information content (AvgIpc) is 2.32. The number of aryl methyl sites for hydroxylation is 1. The predicted octanol–water partition coefficient (Wildman–Crippen LogP) is 2.31. The minimum Gasteiger partial charge on any atom is -0.363 e. The molecule has 86 valence electrons. The van der Waals surface area contributed by atoms with Gasteiger partial charge in [-0.25, -0.2) is 9.97 Å². The van der Waals surface area contributed by atoms with Crippen LogP contribution in [0.25, 0.3) is 11.3 Å². The molecule has 1 aromatic carbocycles. The maximum atomic E-state index is 11.0. The van der Waals surface area contributed by atoms with Crippen molar-refractivity contribution >= 4 is 21.8 Å². The van der Waals surface area contributed by atoms with Gasteiger partial charge in [-0.05, 0) is 30.7 Å². The van der Waals surface area contributed by atoms with Gasteiger partial charge in [-0.1, -0.05) is 22.0 Å². The molecule has 0 aliphatic carbocycles. The van der Waals surface area contributed by atoms with Crippen molar-refractivity contribution in [3.05, 3.63) is 46.3 Å². The number of carbonyl (C=O) groups excluding carboxylic acids is 1. The van der Waals surface area contributed by atoms with Crippen molar-refractivity contribution in [1.29, 1.82) is 0 Å². The Morgan fingerprint density at radius 1 is 1.35 bits per heavy atom. The number of carbonyl (C=O) groups is 1. The van der Waals surface area contributed by atoms with E-state index in [-0.39, 0.29) is 5.82 Å². The molecule has 1 aromatic heterocycles. The van der Waals surface area contributed by atoms with E-state index in [1.165, 1.54) is 6.20 Å². The molecule has 0 atom stereocenters. The second-order valence-corrected chi connectivity index (χ2v) is 4.50.